The van der Waals surface area contributed by atoms with Crippen molar-refractivity contribution in [3.63, 3.8) is 0 Å². The van der Waals surface area contributed by atoms with Crippen LogP contribution in [0.15, 0.2) is 6.07 Å². The summed E-state index contributed by atoms with van der Waals surface area (Å²) in [6, 6.07) is 0.0299. The first-order valence-corrected chi connectivity index (χ1v) is 5.91. The number of carbonyl (C=O) groups excluding carboxylic acids is 2. The fraction of sp³-hybridized carbons (Fsp3) is 0.444. The van der Waals surface area contributed by atoms with Crippen molar-refractivity contribution < 1.29 is 19.2 Å². The Morgan fingerprint density at radius 1 is 1.68 bits per heavy atom. The number of H-pyrrole nitrogens is 1. The Kier molecular flexibility index (Phi) is 5.30. The molecule has 0 aliphatic rings. The van der Waals surface area contributed by atoms with Crippen LogP contribution < -0.4 is 5.32 Å². The summed E-state index contributed by atoms with van der Waals surface area (Å²) in [7, 11) is 0. The molecule has 0 bridgehead atoms. The number of hydrogen-bond acceptors (Lipinski definition) is 7. The molecule has 0 fully saturated rings. The van der Waals surface area contributed by atoms with Gasteiger partial charge in [-0.05, 0) is 11.8 Å². The van der Waals surface area contributed by atoms with Crippen molar-refractivity contribution in [1.29, 1.82) is 0 Å². The van der Waals surface area contributed by atoms with Crippen LogP contribution in [-0.4, -0.2) is 45.4 Å². The van der Waals surface area contributed by atoms with E-state index in [2.05, 4.69) is 28.1 Å². The summed E-state index contributed by atoms with van der Waals surface area (Å²) < 4.78 is 4.74. The van der Waals surface area contributed by atoms with E-state index in [-0.39, 0.29) is 18.1 Å². The van der Waals surface area contributed by atoms with Gasteiger partial charge in [0.05, 0.1) is 12.7 Å². The molecule has 104 valence electrons. The quantitative estimate of drug-likeness (QED) is 0.290. The molecule has 1 amide bonds. The number of hydrogen-bond donors (Lipinski definition) is 3. The molecule has 1 aromatic heterocycles. The zero-order valence-electron chi connectivity index (χ0n) is 9.95. The van der Waals surface area contributed by atoms with Gasteiger partial charge in [-0.15, -0.1) is 5.10 Å². The third-order valence-corrected chi connectivity index (χ3v) is 2.42. The molecular formula is C9H12N4O5S. The maximum absolute atomic E-state index is 11.7. The van der Waals surface area contributed by atoms with Gasteiger partial charge in [-0.3, -0.25) is 4.79 Å². The molecule has 0 aliphatic heterocycles. The highest BCUT2D eigenvalue weighted by molar-refractivity contribution is 7.80. The van der Waals surface area contributed by atoms with Crippen LogP contribution in [0.25, 0.3) is 0 Å². The van der Waals surface area contributed by atoms with Gasteiger partial charge in [-0.1, -0.05) is 5.10 Å². The third-order valence-electron chi connectivity index (χ3n) is 2.05. The predicted octanol–water partition coefficient (Wildman–Crippen LogP) is -0.0908. The molecule has 2 N–H and O–H groups in total. The topological polar surface area (TPSA) is 127 Å². The van der Waals surface area contributed by atoms with Crippen molar-refractivity contribution in [3.05, 3.63) is 21.9 Å². The van der Waals surface area contributed by atoms with Crippen LogP contribution in [0.5, 0.6) is 0 Å². The Bertz CT molecular complexity index is 489. The average Bonchev–Trinajstić information content (AvgIpc) is 2.85. The monoisotopic (exact) mass is 288 g/mol. The number of nitrogens with zero attached hydrogens (tertiary/aromatic N) is 2. The summed E-state index contributed by atoms with van der Waals surface area (Å²) in [6.07, 6.45) is 0. The average molecular weight is 288 g/mol. The van der Waals surface area contributed by atoms with Crippen LogP contribution in [0.4, 0.5) is 5.82 Å². The number of esters is 1. The van der Waals surface area contributed by atoms with Gasteiger partial charge in [0.2, 0.25) is 0 Å². The molecule has 1 rings (SSSR count). The first-order valence-electron chi connectivity index (χ1n) is 5.27. The molecule has 0 radical (unpaired) electrons. The smallest absolute Gasteiger partial charge is 0.343 e. The second kappa shape index (κ2) is 6.73. The van der Waals surface area contributed by atoms with E-state index in [1.807, 2.05) is 0 Å². The van der Waals surface area contributed by atoms with Gasteiger partial charge in [0.1, 0.15) is 6.04 Å². The fourth-order valence-corrected chi connectivity index (χ4v) is 1.42. The second-order valence-electron chi connectivity index (χ2n) is 3.36. The molecule has 19 heavy (non-hydrogen) atoms. The Morgan fingerprint density at radius 2 is 2.37 bits per heavy atom. The Labute approximate surface area is 113 Å². The number of carbonyl (C=O) groups is 2. The summed E-state index contributed by atoms with van der Waals surface area (Å²) in [6.45, 7) is 1.80. The summed E-state index contributed by atoms with van der Waals surface area (Å²) in [5, 5.41) is 18.3. The molecule has 0 aliphatic carbocycles. The minimum Gasteiger partial charge on any atom is -0.464 e. The summed E-state index contributed by atoms with van der Waals surface area (Å²) >= 11 is 3.92. The minimum atomic E-state index is -0.938. The van der Waals surface area contributed by atoms with Gasteiger partial charge in [-0.25, -0.2) is 4.79 Å². The lowest BCUT2D eigenvalue weighted by atomic mass is 10.3. The van der Waals surface area contributed by atoms with Crippen molar-refractivity contribution >= 4 is 30.3 Å². The predicted molar refractivity (Wildman–Crippen MR) is 67.0 cm³/mol. The number of nitrogens with one attached hydrogen (secondary N) is 2. The van der Waals surface area contributed by atoms with Crippen LogP contribution in [0.1, 0.15) is 17.4 Å². The SMILES string of the molecule is CCOC(=O)[C@H](CS)NC(=O)c1cc([N+](=O)[O-])[nH]n1. The van der Waals surface area contributed by atoms with Crippen LogP contribution >= 0.6 is 12.6 Å². The largest absolute Gasteiger partial charge is 0.464 e. The van der Waals surface area contributed by atoms with E-state index < -0.39 is 28.7 Å². The standard InChI is InChI=1S/C9H12N4O5S/c1-2-18-9(15)6(4-19)10-8(14)5-3-7(12-11-5)13(16)17/h3,6,19H,2,4H2,1H3,(H,10,14)(H,11,12)/t6-/m0/s1. The van der Waals surface area contributed by atoms with Crippen molar-refractivity contribution in [3.8, 4) is 0 Å². The first kappa shape index (κ1) is 15.0. The van der Waals surface area contributed by atoms with Gasteiger partial charge >= 0.3 is 11.8 Å². The van der Waals surface area contributed by atoms with E-state index in [0.29, 0.717) is 0 Å². The highest BCUT2D eigenvalue weighted by Crippen LogP contribution is 2.08. The molecule has 1 atom stereocenters. The van der Waals surface area contributed by atoms with E-state index in [0.717, 1.165) is 6.07 Å². The molecular weight excluding hydrogens is 276 g/mol. The molecule has 9 nitrogen and oxygen atoms in total. The summed E-state index contributed by atoms with van der Waals surface area (Å²) in [4.78, 5) is 32.8. The van der Waals surface area contributed by atoms with Crippen LogP contribution in [-0.2, 0) is 9.53 Å². The molecule has 0 saturated carbocycles. The van der Waals surface area contributed by atoms with Crippen molar-refractivity contribution in [2.45, 2.75) is 13.0 Å². The molecule has 1 heterocycles. The second-order valence-corrected chi connectivity index (χ2v) is 3.72. The van der Waals surface area contributed by atoms with E-state index in [4.69, 9.17) is 4.74 Å². The van der Waals surface area contributed by atoms with E-state index in [1.54, 1.807) is 6.92 Å². The molecule has 1 aromatic rings. The lowest BCUT2D eigenvalue weighted by molar-refractivity contribution is -0.389. The first-order chi connectivity index (χ1) is 8.99. The normalized spacial score (nSPS) is 11.7. The van der Waals surface area contributed by atoms with E-state index in [1.165, 1.54) is 0 Å². The van der Waals surface area contributed by atoms with Gasteiger partial charge in [-0.2, -0.15) is 12.6 Å². The lowest BCUT2D eigenvalue weighted by Crippen LogP contribution is -2.43. The van der Waals surface area contributed by atoms with Crippen molar-refractivity contribution in [2.75, 3.05) is 12.4 Å². The Hall–Kier alpha value is -2.10. The number of aromatic amines is 1. The number of nitro groups is 1. The highest BCUT2D eigenvalue weighted by Gasteiger charge is 2.24. The maximum Gasteiger partial charge on any atom is 0.343 e. The van der Waals surface area contributed by atoms with Crippen molar-refractivity contribution in [2.24, 2.45) is 0 Å². The summed E-state index contributed by atoms with van der Waals surface area (Å²) in [5.41, 5.74) is -0.192. The van der Waals surface area contributed by atoms with Crippen LogP contribution in [0, 0.1) is 10.1 Å². The minimum absolute atomic E-state index is 0.0388. The number of ether oxygens (including phenoxy) is 1. The molecule has 10 heteroatoms. The van der Waals surface area contributed by atoms with E-state index >= 15 is 0 Å². The molecule has 0 unspecified atom stereocenters. The molecule has 0 aromatic carbocycles. The highest BCUT2D eigenvalue weighted by atomic mass is 32.1. The Morgan fingerprint density at radius 3 is 2.84 bits per heavy atom. The molecule has 0 saturated heterocycles. The fourth-order valence-electron chi connectivity index (χ4n) is 1.18. The zero-order valence-corrected chi connectivity index (χ0v) is 10.8. The number of aromatic nitrogens is 2. The van der Waals surface area contributed by atoms with Gasteiger partial charge < -0.3 is 20.2 Å². The van der Waals surface area contributed by atoms with Gasteiger partial charge in [0, 0.05) is 5.75 Å². The lowest BCUT2D eigenvalue weighted by Gasteiger charge is -2.13. The number of rotatable bonds is 6. The zero-order chi connectivity index (χ0) is 14.4. The Balaban J connectivity index is 2.71. The van der Waals surface area contributed by atoms with Gasteiger partial charge in [0.25, 0.3) is 5.91 Å². The van der Waals surface area contributed by atoms with Crippen LogP contribution in [0.3, 0.4) is 0 Å². The number of amides is 1. The third kappa shape index (κ3) is 3.95. The maximum atomic E-state index is 11.7. The summed E-state index contributed by atoms with van der Waals surface area (Å²) in [5.74, 6) is -1.73. The number of thiol groups is 1. The van der Waals surface area contributed by atoms with E-state index in [9.17, 15) is 19.7 Å². The van der Waals surface area contributed by atoms with Crippen LogP contribution in [0.2, 0.25) is 0 Å². The van der Waals surface area contributed by atoms with Crippen molar-refractivity contribution in [1.82, 2.24) is 15.5 Å². The molecule has 0 spiro atoms. The van der Waals surface area contributed by atoms with Gasteiger partial charge in [0.15, 0.2) is 5.69 Å².